The maximum absolute atomic E-state index is 4.66. The fourth-order valence-corrected chi connectivity index (χ4v) is 3.94. The molecule has 3 rings (SSSR count). The van der Waals surface area contributed by atoms with Gasteiger partial charge >= 0.3 is 0 Å². The quantitative estimate of drug-likeness (QED) is 0.239. The van der Waals surface area contributed by atoms with Crippen LogP contribution in [0.15, 0.2) is 41.5 Å². The van der Waals surface area contributed by atoms with E-state index in [4.69, 9.17) is 0 Å². The molecule has 1 saturated heterocycles. The number of hydrogen-bond acceptors (Lipinski definition) is 3. The van der Waals surface area contributed by atoms with Crippen molar-refractivity contribution in [3.8, 4) is 5.69 Å². The number of hydrogen-bond donors (Lipinski definition) is 2. The Morgan fingerprint density at radius 1 is 1.20 bits per heavy atom. The zero-order chi connectivity index (χ0) is 20.5. The minimum atomic E-state index is 0. The van der Waals surface area contributed by atoms with E-state index in [2.05, 4.69) is 57.8 Å². The van der Waals surface area contributed by atoms with Crippen molar-refractivity contribution in [2.24, 2.45) is 4.99 Å². The highest BCUT2D eigenvalue weighted by Gasteiger charge is 2.19. The fraction of sp³-hybridized carbons (Fsp3) is 0.565. The molecule has 2 N–H and O–H groups in total. The molecule has 30 heavy (non-hydrogen) atoms. The molecule has 0 bridgehead atoms. The molecule has 166 valence electrons. The molecule has 6 nitrogen and oxygen atoms in total. The largest absolute Gasteiger partial charge is 0.356 e. The summed E-state index contributed by atoms with van der Waals surface area (Å²) in [7, 11) is 1.86. The second-order valence-corrected chi connectivity index (χ2v) is 7.88. The lowest BCUT2D eigenvalue weighted by molar-refractivity contribution is 0.206. The first-order valence-electron chi connectivity index (χ1n) is 11.0. The van der Waals surface area contributed by atoms with Gasteiger partial charge in [-0.3, -0.25) is 4.99 Å². The molecule has 0 amide bonds. The van der Waals surface area contributed by atoms with Crippen LogP contribution in [0.2, 0.25) is 0 Å². The molecule has 0 unspecified atom stereocenters. The van der Waals surface area contributed by atoms with Crippen LogP contribution in [0.5, 0.6) is 0 Å². The summed E-state index contributed by atoms with van der Waals surface area (Å²) in [4.78, 5) is 6.97. The molecule has 2 aromatic rings. The molecular weight excluding hydrogens is 487 g/mol. The lowest BCUT2D eigenvalue weighted by Crippen LogP contribution is -2.48. The van der Waals surface area contributed by atoms with E-state index in [1.54, 1.807) is 0 Å². The number of likely N-dealkylation sites (tertiary alicyclic amines) is 1. The first kappa shape index (κ1) is 24.7. The summed E-state index contributed by atoms with van der Waals surface area (Å²) < 4.78 is 1.98. The molecule has 2 heterocycles. The molecule has 1 aromatic carbocycles. The molecular formula is C23H37IN6. The Hall–Kier alpha value is -1.61. The van der Waals surface area contributed by atoms with Gasteiger partial charge in [0.25, 0.3) is 0 Å². The Labute approximate surface area is 198 Å². The van der Waals surface area contributed by atoms with Crippen LogP contribution in [0, 0.1) is 6.92 Å². The van der Waals surface area contributed by atoms with Gasteiger partial charge < -0.3 is 15.5 Å². The third-order valence-electron chi connectivity index (χ3n) is 5.63. The zero-order valence-corrected chi connectivity index (χ0v) is 20.9. The minimum Gasteiger partial charge on any atom is -0.356 e. The highest BCUT2D eigenvalue weighted by molar-refractivity contribution is 14.0. The van der Waals surface area contributed by atoms with E-state index in [0.29, 0.717) is 6.04 Å². The third-order valence-corrected chi connectivity index (χ3v) is 5.63. The van der Waals surface area contributed by atoms with Crippen molar-refractivity contribution < 1.29 is 0 Å². The van der Waals surface area contributed by atoms with Crippen LogP contribution in [-0.4, -0.2) is 59.9 Å². The Balaban J connectivity index is 0.00000320. The number of nitrogens with one attached hydrogen (secondary N) is 2. The monoisotopic (exact) mass is 524 g/mol. The molecule has 0 radical (unpaired) electrons. The van der Waals surface area contributed by atoms with Gasteiger partial charge in [0, 0.05) is 38.9 Å². The number of aliphatic imine (C=N–C) groups is 1. The van der Waals surface area contributed by atoms with Crippen LogP contribution in [0.25, 0.3) is 5.69 Å². The van der Waals surface area contributed by atoms with Crippen LogP contribution in [0.3, 0.4) is 0 Å². The number of halogens is 1. The fourth-order valence-electron chi connectivity index (χ4n) is 3.94. The Morgan fingerprint density at radius 2 is 1.93 bits per heavy atom. The second-order valence-electron chi connectivity index (χ2n) is 7.88. The van der Waals surface area contributed by atoms with Gasteiger partial charge in [0.15, 0.2) is 5.96 Å². The lowest BCUT2D eigenvalue weighted by atomic mass is 10.1. The summed E-state index contributed by atoms with van der Waals surface area (Å²) in [5.41, 5.74) is 3.52. The van der Waals surface area contributed by atoms with Gasteiger partial charge in [0.2, 0.25) is 0 Å². The SMILES string of the molecule is CCCN1CCC(NC(=NC)NCCCc2cn(-c3ccccc3)nc2C)CC1.I. The van der Waals surface area contributed by atoms with Gasteiger partial charge in [-0.1, -0.05) is 25.1 Å². The number of aromatic nitrogens is 2. The predicted octanol–water partition coefficient (Wildman–Crippen LogP) is 3.77. The molecule has 0 saturated carbocycles. The van der Waals surface area contributed by atoms with E-state index in [-0.39, 0.29) is 24.0 Å². The van der Waals surface area contributed by atoms with Crippen LogP contribution < -0.4 is 10.6 Å². The molecule has 1 aromatic heterocycles. The van der Waals surface area contributed by atoms with Crippen LogP contribution in [0.1, 0.15) is 43.9 Å². The molecule has 1 aliphatic rings. The van der Waals surface area contributed by atoms with E-state index < -0.39 is 0 Å². The highest BCUT2D eigenvalue weighted by Crippen LogP contribution is 2.13. The van der Waals surface area contributed by atoms with Crippen molar-refractivity contribution in [3.05, 3.63) is 47.8 Å². The lowest BCUT2D eigenvalue weighted by Gasteiger charge is -2.32. The van der Waals surface area contributed by atoms with E-state index in [0.717, 1.165) is 36.7 Å². The van der Waals surface area contributed by atoms with E-state index >= 15 is 0 Å². The maximum atomic E-state index is 4.66. The number of para-hydroxylation sites is 1. The van der Waals surface area contributed by atoms with Gasteiger partial charge in [-0.15, -0.1) is 24.0 Å². The number of guanidine groups is 1. The number of rotatable bonds is 8. The summed E-state index contributed by atoms with van der Waals surface area (Å²) in [5, 5.41) is 11.7. The van der Waals surface area contributed by atoms with Crippen molar-refractivity contribution in [2.75, 3.05) is 33.2 Å². The van der Waals surface area contributed by atoms with Gasteiger partial charge in [-0.2, -0.15) is 5.10 Å². The van der Waals surface area contributed by atoms with Crippen LogP contribution in [0.4, 0.5) is 0 Å². The van der Waals surface area contributed by atoms with Crippen molar-refractivity contribution in [1.29, 1.82) is 0 Å². The average molecular weight is 524 g/mol. The number of aryl methyl sites for hydroxylation is 2. The molecule has 1 aliphatic heterocycles. The summed E-state index contributed by atoms with van der Waals surface area (Å²) in [5.74, 6) is 0.927. The Kier molecular flexibility index (Phi) is 10.6. The van der Waals surface area contributed by atoms with Crippen LogP contribution >= 0.6 is 24.0 Å². The molecule has 0 aliphatic carbocycles. The Bertz CT molecular complexity index is 765. The smallest absolute Gasteiger partial charge is 0.191 e. The minimum absolute atomic E-state index is 0. The molecule has 1 fully saturated rings. The second kappa shape index (κ2) is 12.9. The predicted molar refractivity (Wildman–Crippen MR) is 136 cm³/mol. The van der Waals surface area contributed by atoms with E-state index in [9.17, 15) is 0 Å². The molecule has 0 atom stereocenters. The molecule has 7 heteroatoms. The number of benzene rings is 1. The van der Waals surface area contributed by atoms with E-state index in [1.807, 2.05) is 29.9 Å². The summed E-state index contributed by atoms with van der Waals surface area (Å²) in [6.07, 6.45) is 7.85. The first-order chi connectivity index (χ1) is 14.2. The standard InChI is InChI=1S/C23H36N6.HI/c1-4-15-28-16-12-21(13-17-28)26-23(24-3)25-14-8-9-20-18-29(27-19(20)2)22-10-6-5-7-11-22;/h5-7,10-11,18,21H,4,8-9,12-17H2,1-3H3,(H2,24,25,26);1H. The van der Waals surface area contributed by atoms with E-state index in [1.165, 1.54) is 44.5 Å². The third kappa shape index (κ3) is 7.27. The van der Waals surface area contributed by atoms with Crippen LogP contribution in [-0.2, 0) is 6.42 Å². The van der Waals surface area contributed by atoms with Gasteiger partial charge in [0.1, 0.15) is 0 Å². The van der Waals surface area contributed by atoms with Crippen molar-refractivity contribution >= 4 is 29.9 Å². The average Bonchev–Trinajstić information content (AvgIpc) is 3.13. The number of nitrogens with zero attached hydrogens (tertiary/aromatic N) is 4. The highest BCUT2D eigenvalue weighted by atomic mass is 127. The number of piperidine rings is 1. The molecule has 0 spiro atoms. The maximum Gasteiger partial charge on any atom is 0.191 e. The zero-order valence-electron chi connectivity index (χ0n) is 18.6. The summed E-state index contributed by atoms with van der Waals surface area (Å²) in [6, 6.07) is 10.8. The normalized spacial score (nSPS) is 15.6. The first-order valence-corrected chi connectivity index (χ1v) is 11.0. The van der Waals surface area contributed by atoms with Gasteiger partial charge in [-0.25, -0.2) is 4.68 Å². The van der Waals surface area contributed by atoms with Gasteiger partial charge in [-0.05, 0) is 63.3 Å². The van der Waals surface area contributed by atoms with Crippen molar-refractivity contribution in [1.82, 2.24) is 25.3 Å². The summed E-state index contributed by atoms with van der Waals surface area (Å²) >= 11 is 0. The Morgan fingerprint density at radius 3 is 2.60 bits per heavy atom. The van der Waals surface area contributed by atoms with Crippen molar-refractivity contribution in [3.63, 3.8) is 0 Å². The van der Waals surface area contributed by atoms with Crippen molar-refractivity contribution in [2.45, 2.75) is 52.0 Å². The van der Waals surface area contributed by atoms with Gasteiger partial charge in [0.05, 0.1) is 11.4 Å². The topological polar surface area (TPSA) is 57.5 Å². The summed E-state index contributed by atoms with van der Waals surface area (Å²) in [6.45, 7) is 8.85.